The zero-order valence-electron chi connectivity index (χ0n) is 13.4. The third kappa shape index (κ3) is 3.73. The van der Waals surface area contributed by atoms with Gasteiger partial charge >= 0.3 is 0 Å². The minimum Gasteiger partial charge on any atom is -0.396 e. The van der Waals surface area contributed by atoms with Crippen LogP contribution in [0, 0.1) is 5.82 Å². The van der Waals surface area contributed by atoms with E-state index in [1.807, 2.05) is 6.07 Å². The average molecular weight is 332 g/mol. The molecule has 1 aromatic carbocycles. The van der Waals surface area contributed by atoms with Gasteiger partial charge in [0.25, 0.3) is 0 Å². The normalized spacial score (nSPS) is 16.7. The number of nitrogens with one attached hydrogen (secondary N) is 1. The standard InChI is InChI=1S/C17H21FN4O2/c18-14-3-1-2-13(8-14)17(4-6-24-7-5-17)12-20-16(23)11-22-10-15(19)9-21-22/h1-3,8-10H,4-7,11-12,19H2,(H,20,23). The Labute approximate surface area is 139 Å². The summed E-state index contributed by atoms with van der Waals surface area (Å²) in [6.07, 6.45) is 4.59. The van der Waals surface area contributed by atoms with E-state index in [1.165, 1.54) is 16.9 Å². The molecule has 1 aliphatic heterocycles. The lowest BCUT2D eigenvalue weighted by molar-refractivity contribution is -0.122. The molecular formula is C17H21FN4O2. The van der Waals surface area contributed by atoms with Gasteiger partial charge in [0.2, 0.25) is 5.91 Å². The first-order valence-corrected chi connectivity index (χ1v) is 7.96. The molecule has 0 atom stereocenters. The molecule has 0 unspecified atom stereocenters. The number of benzene rings is 1. The fourth-order valence-corrected chi connectivity index (χ4v) is 3.08. The van der Waals surface area contributed by atoms with Gasteiger partial charge in [0, 0.05) is 31.4 Å². The van der Waals surface area contributed by atoms with E-state index in [1.54, 1.807) is 18.3 Å². The molecule has 0 spiro atoms. The maximum Gasteiger partial charge on any atom is 0.241 e. The van der Waals surface area contributed by atoms with Crippen molar-refractivity contribution in [3.05, 3.63) is 48.0 Å². The first-order chi connectivity index (χ1) is 11.6. The van der Waals surface area contributed by atoms with Crippen molar-refractivity contribution in [1.82, 2.24) is 15.1 Å². The molecule has 0 aliphatic carbocycles. The average Bonchev–Trinajstić information content (AvgIpc) is 2.99. The van der Waals surface area contributed by atoms with E-state index in [-0.39, 0.29) is 23.7 Å². The van der Waals surface area contributed by atoms with Gasteiger partial charge in [0.05, 0.1) is 11.9 Å². The fourth-order valence-electron chi connectivity index (χ4n) is 3.08. The molecule has 24 heavy (non-hydrogen) atoms. The number of nitrogens with two attached hydrogens (primary N) is 1. The van der Waals surface area contributed by atoms with Crippen LogP contribution >= 0.6 is 0 Å². The lowest BCUT2D eigenvalue weighted by Gasteiger charge is -2.38. The van der Waals surface area contributed by atoms with Crippen LogP contribution in [-0.2, 0) is 21.5 Å². The molecule has 1 amide bonds. The summed E-state index contributed by atoms with van der Waals surface area (Å²) in [5, 5.41) is 6.95. The summed E-state index contributed by atoms with van der Waals surface area (Å²) < 4.78 is 20.6. The molecule has 1 aliphatic rings. The smallest absolute Gasteiger partial charge is 0.241 e. The minimum absolute atomic E-state index is 0.104. The fraction of sp³-hybridized carbons (Fsp3) is 0.412. The van der Waals surface area contributed by atoms with Crippen molar-refractivity contribution >= 4 is 11.6 Å². The van der Waals surface area contributed by atoms with Crippen LogP contribution in [0.4, 0.5) is 10.1 Å². The third-order valence-electron chi connectivity index (χ3n) is 4.47. The number of anilines is 1. The van der Waals surface area contributed by atoms with Gasteiger partial charge in [-0.1, -0.05) is 12.1 Å². The highest BCUT2D eigenvalue weighted by Gasteiger charge is 2.35. The second kappa shape index (κ2) is 7.00. The molecule has 7 heteroatoms. The summed E-state index contributed by atoms with van der Waals surface area (Å²) >= 11 is 0. The van der Waals surface area contributed by atoms with Gasteiger partial charge in [0.1, 0.15) is 12.4 Å². The predicted octanol–water partition coefficient (Wildman–Crippen LogP) is 1.47. The molecule has 1 fully saturated rings. The van der Waals surface area contributed by atoms with Crippen LogP contribution in [0.15, 0.2) is 36.7 Å². The van der Waals surface area contributed by atoms with Crippen molar-refractivity contribution in [3.8, 4) is 0 Å². The Morgan fingerprint density at radius 2 is 2.21 bits per heavy atom. The zero-order valence-corrected chi connectivity index (χ0v) is 13.4. The van der Waals surface area contributed by atoms with Crippen LogP contribution in [0.2, 0.25) is 0 Å². The maximum absolute atomic E-state index is 13.6. The number of hydrogen-bond donors (Lipinski definition) is 2. The van der Waals surface area contributed by atoms with Gasteiger partial charge in [-0.2, -0.15) is 5.10 Å². The molecule has 1 saturated heterocycles. The number of nitrogen functional groups attached to an aromatic ring is 1. The summed E-state index contributed by atoms with van der Waals surface area (Å²) in [7, 11) is 0. The predicted molar refractivity (Wildman–Crippen MR) is 87.8 cm³/mol. The van der Waals surface area contributed by atoms with E-state index >= 15 is 0 Å². The van der Waals surface area contributed by atoms with E-state index in [2.05, 4.69) is 10.4 Å². The molecule has 1 aromatic heterocycles. The number of rotatable bonds is 5. The maximum atomic E-state index is 13.6. The number of amides is 1. The Morgan fingerprint density at radius 3 is 2.88 bits per heavy atom. The number of carbonyl (C=O) groups excluding carboxylic acids is 1. The zero-order chi connectivity index (χ0) is 17.0. The highest BCUT2D eigenvalue weighted by atomic mass is 19.1. The van der Waals surface area contributed by atoms with Crippen molar-refractivity contribution in [2.75, 3.05) is 25.5 Å². The molecule has 2 aromatic rings. The number of hydrogen-bond acceptors (Lipinski definition) is 4. The molecule has 3 N–H and O–H groups in total. The number of aromatic nitrogens is 2. The minimum atomic E-state index is -0.306. The number of halogens is 1. The van der Waals surface area contributed by atoms with Crippen LogP contribution in [-0.4, -0.2) is 35.4 Å². The molecule has 0 radical (unpaired) electrons. The van der Waals surface area contributed by atoms with E-state index in [9.17, 15) is 9.18 Å². The molecule has 0 saturated carbocycles. The van der Waals surface area contributed by atoms with Crippen LogP contribution < -0.4 is 11.1 Å². The second-order valence-corrected chi connectivity index (χ2v) is 6.15. The Balaban J connectivity index is 1.69. The van der Waals surface area contributed by atoms with Gasteiger partial charge in [-0.25, -0.2) is 4.39 Å². The van der Waals surface area contributed by atoms with Crippen LogP contribution in [0.3, 0.4) is 0 Å². The summed E-state index contributed by atoms with van der Waals surface area (Å²) in [6, 6.07) is 6.59. The quantitative estimate of drug-likeness (QED) is 0.869. The Hall–Kier alpha value is -2.41. The van der Waals surface area contributed by atoms with Crippen LogP contribution in [0.1, 0.15) is 18.4 Å². The van der Waals surface area contributed by atoms with E-state index in [0.29, 0.717) is 25.4 Å². The number of carbonyl (C=O) groups is 1. The number of ether oxygens (including phenoxy) is 1. The molecule has 128 valence electrons. The van der Waals surface area contributed by atoms with Gasteiger partial charge in [0.15, 0.2) is 0 Å². The highest BCUT2D eigenvalue weighted by Crippen LogP contribution is 2.34. The van der Waals surface area contributed by atoms with E-state index < -0.39 is 0 Å². The van der Waals surface area contributed by atoms with Crippen molar-refractivity contribution < 1.29 is 13.9 Å². The van der Waals surface area contributed by atoms with Gasteiger partial charge in [-0.3, -0.25) is 9.48 Å². The Morgan fingerprint density at radius 1 is 1.42 bits per heavy atom. The monoisotopic (exact) mass is 332 g/mol. The summed E-state index contributed by atoms with van der Waals surface area (Å²) in [4.78, 5) is 12.2. The highest BCUT2D eigenvalue weighted by molar-refractivity contribution is 5.75. The molecule has 2 heterocycles. The number of nitrogens with zero attached hydrogens (tertiary/aromatic N) is 2. The van der Waals surface area contributed by atoms with Gasteiger partial charge < -0.3 is 15.8 Å². The molecular weight excluding hydrogens is 311 g/mol. The Bertz CT molecular complexity index is 710. The van der Waals surface area contributed by atoms with Crippen molar-refractivity contribution in [1.29, 1.82) is 0 Å². The molecule has 6 nitrogen and oxygen atoms in total. The van der Waals surface area contributed by atoms with E-state index in [4.69, 9.17) is 10.5 Å². The topological polar surface area (TPSA) is 82.2 Å². The molecule has 3 rings (SSSR count). The second-order valence-electron chi connectivity index (χ2n) is 6.15. The summed E-state index contributed by atoms with van der Waals surface area (Å²) in [5.41, 5.74) is 6.70. The Kier molecular flexibility index (Phi) is 4.80. The first kappa shape index (κ1) is 16.4. The van der Waals surface area contributed by atoms with Gasteiger partial charge in [-0.15, -0.1) is 0 Å². The van der Waals surface area contributed by atoms with Crippen molar-refractivity contribution in [2.45, 2.75) is 24.8 Å². The molecule has 0 bridgehead atoms. The van der Waals surface area contributed by atoms with Crippen LogP contribution in [0.25, 0.3) is 0 Å². The SMILES string of the molecule is Nc1cnn(CC(=O)NCC2(c3cccc(F)c3)CCOCC2)c1. The van der Waals surface area contributed by atoms with Crippen LogP contribution in [0.5, 0.6) is 0 Å². The van der Waals surface area contributed by atoms with Crippen molar-refractivity contribution in [3.63, 3.8) is 0 Å². The largest absolute Gasteiger partial charge is 0.396 e. The first-order valence-electron chi connectivity index (χ1n) is 7.96. The third-order valence-corrected chi connectivity index (χ3v) is 4.47. The summed E-state index contributed by atoms with van der Waals surface area (Å²) in [5.74, 6) is -0.419. The lowest BCUT2D eigenvalue weighted by atomic mass is 9.74. The summed E-state index contributed by atoms with van der Waals surface area (Å²) in [6.45, 7) is 1.74. The van der Waals surface area contributed by atoms with Gasteiger partial charge in [-0.05, 0) is 30.5 Å². The van der Waals surface area contributed by atoms with Crippen molar-refractivity contribution in [2.24, 2.45) is 0 Å². The van der Waals surface area contributed by atoms with E-state index in [0.717, 1.165) is 18.4 Å². The lowest BCUT2D eigenvalue weighted by Crippen LogP contribution is -2.45.